The molecule has 19 heteroatoms. The zero-order valence-corrected chi connectivity index (χ0v) is 40.0. The largest absolute Gasteiger partial charge is 0.507 e. The van der Waals surface area contributed by atoms with E-state index in [2.05, 4.69) is 10.4 Å². The average Bonchev–Trinajstić information content (AvgIpc) is 3.57. The van der Waals surface area contributed by atoms with Crippen molar-refractivity contribution < 1.29 is 72.0 Å². The quantitative estimate of drug-likeness (QED) is 0.0639. The van der Waals surface area contributed by atoms with Crippen LogP contribution in [0, 0.1) is 30.6 Å². The number of carbonyl (C=O) groups is 3. The molecule has 1 saturated heterocycles. The molecule has 374 valence electrons. The molecule has 0 saturated carbocycles. The number of carbonyl (C=O) groups excluding carboxylic acids is 3. The number of hydrogen-bond donors (Lipinski definition) is 6. The highest BCUT2D eigenvalue weighted by Crippen LogP contribution is 2.55. The summed E-state index contributed by atoms with van der Waals surface area (Å²) in [5.41, 5.74) is -1.02. The van der Waals surface area contributed by atoms with Gasteiger partial charge in [0.1, 0.15) is 23.4 Å². The molecule has 7 rings (SSSR count). The van der Waals surface area contributed by atoms with E-state index in [1.807, 2.05) is 4.90 Å². The zero-order valence-electron chi connectivity index (χ0n) is 40.0. The Balaban J connectivity index is 1.43. The third-order valence-corrected chi connectivity index (χ3v) is 13.4. The number of rotatable bonds is 6. The molecule has 0 aliphatic carbocycles. The van der Waals surface area contributed by atoms with Gasteiger partial charge in [-0.05, 0) is 31.6 Å². The van der Waals surface area contributed by atoms with Crippen LogP contribution in [0.1, 0.15) is 81.1 Å². The number of ether oxygens (including phenoxy) is 4. The van der Waals surface area contributed by atoms with Gasteiger partial charge in [0.25, 0.3) is 11.7 Å². The molecule has 69 heavy (non-hydrogen) atoms. The second-order valence-corrected chi connectivity index (χ2v) is 18.3. The molecule has 3 aromatic carbocycles. The van der Waals surface area contributed by atoms with Crippen molar-refractivity contribution in [1.29, 1.82) is 0 Å². The van der Waals surface area contributed by atoms with Crippen LogP contribution in [0.25, 0.3) is 10.8 Å². The maximum Gasteiger partial charge on any atom is 0.416 e. The van der Waals surface area contributed by atoms with Crippen LogP contribution in [0.3, 0.4) is 0 Å². The third-order valence-electron chi connectivity index (χ3n) is 13.4. The van der Waals surface area contributed by atoms with Crippen LogP contribution >= 0.6 is 0 Å². The molecule has 6 N–H and O–H groups in total. The molecule has 1 fully saturated rings. The third kappa shape index (κ3) is 10.9. The summed E-state index contributed by atoms with van der Waals surface area (Å²) in [5.74, 6) is -9.08. The van der Waals surface area contributed by atoms with Crippen molar-refractivity contribution in [3.63, 3.8) is 0 Å². The van der Waals surface area contributed by atoms with Gasteiger partial charge in [0.15, 0.2) is 5.75 Å². The van der Waals surface area contributed by atoms with Gasteiger partial charge in [-0.15, -0.1) is 0 Å². The first kappa shape index (κ1) is 52.2. The number of methoxy groups -OCH3 is 1. The minimum atomic E-state index is -4.48. The Bertz CT molecular complexity index is 2570. The Morgan fingerprint density at radius 2 is 1.64 bits per heavy atom. The van der Waals surface area contributed by atoms with Gasteiger partial charge < -0.3 is 49.8 Å². The summed E-state index contributed by atoms with van der Waals surface area (Å²) in [6.07, 6.45) is -0.100. The molecular weight excluding hydrogens is 906 g/mol. The van der Waals surface area contributed by atoms with Crippen molar-refractivity contribution in [3.05, 3.63) is 88.2 Å². The number of hydrazone groups is 1. The number of aromatic hydroxyl groups is 3. The average molecular weight is 967 g/mol. The normalized spacial score (nSPS) is 29.4. The van der Waals surface area contributed by atoms with Crippen LogP contribution in [0.15, 0.2) is 65.5 Å². The van der Waals surface area contributed by atoms with Gasteiger partial charge in [-0.25, -0.2) is 0 Å². The minimum Gasteiger partial charge on any atom is -0.507 e. The topological polar surface area (TPSA) is 220 Å². The van der Waals surface area contributed by atoms with E-state index in [4.69, 9.17) is 18.9 Å². The van der Waals surface area contributed by atoms with Crippen LogP contribution in [-0.4, -0.2) is 123 Å². The molecule has 9 atom stereocenters. The molecule has 4 heterocycles. The first-order valence-corrected chi connectivity index (χ1v) is 22.6. The highest BCUT2D eigenvalue weighted by Gasteiger charge is 2.50. The van der Waals surface area contributed by atoms with Gasteiger partial charge in [0.2, 0.25) is 0 Å². The monoisotopic (exact) mass is 966 g/mol. The molecule has 3 aromatic rings. The van der Waals surface area contributed by atoms with E-state index in [1.54, 1.807) is 50.9 Å². The summed E-state index contributed by atoms with van der Waals surface area (Å²) in [4.78, 5) is 42.8. The number of alkyl halides is 3. The predicted molar refractivity (Wildman–Crippen MR) is 250 cm³/mol. The molecule has 0 spiro atoms. The van der Waals surface area contributed by atoms with Crippen molar-refractivity contribution in [2.75, 3.05) is 38.6 Å². The number of aliphatic hydroxyl groups is 2. The Morgan fingerprint density at radius 3 is 2.28 bits per heavy atom. The fourth-order valence-electron chi connectivity index (χ4n) is 9.13. The number of esters is 1. The second kappa shape index (κ2) is 20.8. The molecule has 16 nitrogen and oxygen atoms in total. The minimum absolute atomic E-state index is 0.00372. The Kier molecular flexibility index (Phi) is 15.8. The van der Waals surface area contributed by atoms with Crippen molar-refractivity contribution in [1.82, 2.24) is 9.91 Å². The first-order chi connectivity index (χ1) is 32.4. The maximum absolute atomic E-state index is 14.6. The highest BCUT2D eigenvalue weighted by atomic mass is 19.4. The van der Waals surface area contributed by atoms with E-state index < -0.39 is 101 Å². The number of nitrogens with one attached hydrogen (secondary N) is 1. The lowest BCUT2D eigenvalue weighted by atomic mass is 9.78. The van der Waals surface area contributed by atoms with Crippen LogP contribution in [0.2, 0.25) is 0 Å². The maximum atomic E-state index is 14.6. The van der Waals surface area contributed by atoms with Crippen LogP contribution < -0.4 is 10.1 Å². The fraction of sp³-hybridized carbons (Fsp3) is 0.480. The van der Waals surface area contributed by atoms with Crippen molar-refractivity contribution in [2.24, 2.45) is 28.8 Å². The number of aliphatic hydroxyl groups excluding tert-OH is 2. The molecule has 5 bridgehead atoms. The summed E-state index contributed by atoms with van der Waals surface area (Å²) in [6, 6.07) is 5.11. The number of phenolic OH excluding ortho intramolecular Hbond substituents is 3. The number of phenols is 3. The zero-order chi connectivity index (χ0) is 50.9. The van der Waals surface area contributed by atoms with Gasteiger partial charge in [-0.3, -0.25) is 24.3 Å². The lowest BCUT2D eigenvalue weighted by Gasteiger charge is -2.38. The summed E-state index contributed by atoms with van der Waals surface area (Å²) in [7, 11) is 1.41. The molecule has 1 amide bonds. The van der Waals surface area contributed by atoms with Crippen molar-refractivity contribution in [3.8, 4) is 23.0 Å². The number of halogens is 3. The summed E-state index contributed by atoms with van der Waals surface area (Å²) < 4.78 is 63.8. The number of hydrogen-bond acceptors (Lipinski definition) is 15. The van der Waals surface area contributed by atoms with E-state index in [9.17, 15) is 53.1 Å². The summed E-state index contributed by atoms with van der Waals surface area (Å²) in [5, 5.41) is 67.0. The summed E-state index contributed by atoms with van der Waals surface area (Å²) in [6.45, 7) is 13.9. The smallest absolute Gasteiger partial charge is 0.416 e. The first-order valence-electron chi connectivity index (χ1n) is 22.6. The van der Waals surface area contributed by atoms with E-state index in [-0.39, 0.29) is 51.0 Å². The molecule has 4 aliphatic rings. The number of piperazine rings is 1. The molecule has 4 aliphatic heterocycles. The van der Waals surface area contributed by atoms with Gasteiger partial charge in [-0.1, -0.05) is 64.1 Å². The SMILES string of the molecule is CO[C@H]1/C=C/O[C@@]2(C)Oc3c(C)c(O)c4c(O)c(c(/C=N/N5CCN(Cc6cccc(C(F)(F)F)c6)CC5)c(O)c4c3C2=O)NC(=O)/C(C)=C\C=C\[C@H](C)[C@H](O)[C@@H](C)[C@@H](O)[C@@H](C)[C@H](OC(C)=O)[C@@H]1C. The van der Waals surface area contributed by atoms with Gasteiger partial charge in [0.05, 0.1) is 58.6 Å². The number of benzene rings is 3. The highest BCUT2D eigenvalue weighted by molar-refractivity contribution is 6.23. The van der Waals surface area contributed by atoms with Crippen molar-refractivity contribution in [2.45, 2.75) is 98.3 Å². The molecular formula is C50H61F3N4O12. The fourth-order valence-corrected chi connectivity index (χ4v) is 9.13. The lowest BCUT2D eigenvalue weighted by molar-refractivity contribution is -0.160. The van der Waals surface area contributed by atoms with E-state index in [1.165, 1.54) is 59.2 Å². The van der Waals surface area contributed by atoms with Gasteiger partial charge in [0, 0.05) is 93.9 Å². The number of fused-ring (bicyclic) bond motifs is 14. The predicted octanol–water partition coefficient (Wildman–Crippen LogP) is 6.92. The number of amides is 1. The molecule has 0 aromatic heterocycles. The number of ketones is 1. The summed E-state index contributed by atoms with van der Waals surface area (Å²) >= 11 is 0. The molecule has 0 unspecified atom stereocenters. The van der Waals surface area contributed by atoms with Gasteiger partial charge in [-0.2, -0.15) is 18.3 Å². The number of anilines is 1. The number of allylic oxidation sites excluding steroid dienone is 2. The van der Waals surface area contributed by atoms with E-state index in [0.29, 0.717) is 31.7 Å². The van der Waals surface area contributed by atoms with Crippen LogP contribution in [-0.2, 0) is 36.5 Å². The number of Topliss-reactive ketones (excluding diaryl/α,β-unsaturated/α-hetero) is 1. The Hall–Kier alpha value is -6.15. The van der Waals surface area contributed by atoms with Crippen LogP contribution in [0.4, 0.5) is 18.9 Å². The van der Waals surface area contributed by atoms with Crippen LogP contribution in [0.5, 0.6) is 23.0 Å². The van der Waals surface area contributed by atoms with Gasteiger partial charge >= 0.3 is 17.9 Å². The molecule has 0 radical (unpaired) electrons. The van der Waals surface area contributed by atoms with E-state index >= 15 is 0 Å². The number of nitrogens with zero attached hydrogens (tertiary/aromatic N) is 3. The standard InChI is InChI=1S/C50H61F3N4O12/c1-25-12-10-13-26(2)48(65)55-39-34(23-54-57-19-17-56(18-20-57)24-32-14-11-15-33(22-32)50(51,52)53)43(62)36-37(44(39)63)42(61)30(6)46-38(36)47(64)49(8,69-46)67-21-16-35(66-9)27(3)45(68-31(7)58)29(5)41(60)28(4)40(25)59/h10-16,21-23,25,27-29,35,40-41,45,59-63H,17-20,24H2,1-9H3,(H,55,65)/b12-10+,21-16+,26-13-,54-23+/t25-,27+,28+,29+,35-,40-,41+,45+,49-/m0/s1. The Morgan fingerprint density at radius 1 is 0.957 bits per heavy atom. The lowest BCUT2D eigenvalue weighted by Crippen LogP contribution is -2.46. The van der Waals surface area contributed by atoms with Crippen molar-refractivity contribution >= 4 is 40.3 Å². The Labute approximate surface area is 398 Å². The van der Waals surface area contributed by atoms with E-state index in [0.717, 1.165) is 18.4 Å². The second-order valence-electron chi connectivity index (χ2n) is 18.3.